The van der Waals surface area contributed by atoms with Gasteiger partial charge in [-0.05, 0) is 152 Å². The van der Waals surface area contributed by atoms with Gasteiger partial charge in [0.15, 0.2) is 0 Å². The zero-order chi connectivity index (χ0) is 51.1. The van der Waals surface area contributed by atoms with Crippen LogP contribution < -0.4 is 14.4 Å². The van der Waals surface area contributed by atoms with Crippen LogP contribution in [0.4, 0.5) is 17.1 Å². The normalized spacial score (nSPS) is 14.1. The van der Waals surface area contributed by atoms with Gasteiger partial charge in [-0.1, -0.05) is 188 Å². The number of para-hydroxylation sites is 5. The number of ether oxygens (including phenoxy) is 2. The summed E-state index contributed by atoms with van der Waals surface area (Å²) in [5, 5.41) is 2.24. The summed E-state index contributed by atoms with van der Waals surface area (Å²) >= 11 is 0. The third-order valence-electron chi connectivity index (χ3n) is 17.2. The SMILES string of the molecule is c1ccc2c(c1)Oc1ccccc1C21c2ccccc2-c2ccc(-c3ccc(N(c4ccc(-c5ccc6oc7ccccc7c6c5)cc4)c4ccc5c(c4)C4(c6ccccc6Oc6ccccc64)c4ccccc4-5)cc3)cc21. The smallest absolute Gasteiger partial charge is 0.135 e. The molecule has 12 aromatic carbocycles. The lowest BCUT2D eigenvalue weighted by Crippen LogP contribution is -2.32. The lowest BCUT2D eigenvalue weighted by atomic mass is 9.66. The summed E-state index contributed by atoms with van der Waals surface area (Å²) in [5.41, 5.74) is 22.9. The van der Waals surface area contributed by atoms with Crippen LogP contribution in [0.1, 0.15) is 44.5 Å². The van der Waals surface area contributed by atoms with Gasteiger partial charge in [0, 0.05) is 50.1 Å². The highest BCUT2D eigenvalue weighted by atomic mass is 16.5. The molecule has 3 heterocycles. The summed E-state index contributed by atoms with van der Waals surface area (Å²) in [6.07, 6.45) is 0. The van der Waals surface area contributed by atoms with Gasteiger partial charge < -0.3 is 18.8 Å². The second-order valence-electron chi connectivity index (χ2n) is 21.0. The van der Waals surface area contributed by atoms with Crippen molar-refractivity contribution in [1.82, 2.24) is 0 Å². The molecule has 78 heavy (non-hydrogen) atoms. The molecule has 0 bridgehead atoms. The average molecular weight is 996 g/mol. The fourth-order valence-electron chi connectivity index (χ4n) is 14.0. The average Bonchev–Trinajstić information content (AvgIpc) is 3.20. The fourth-order valence-corrected chi connectivity index (χ4v) is 14.0. The predicted molar refractivity (Wildman–Crippen MR) is 314 cm³/mol. The molecule has 0 saturated heterocycles. The van der Waals surface area contributed by atoms with Crippen LogP contribution in [-0.4, -0.2) is 0 Å². The number of fused-ring (bicyclic) bond motifs is 21. The summed E-state index contributed by atoms with van der Waals surface area (Å²) < 4.78 is 19.6. The first kappa shape index (κ1) is 43.1. The number of nitrogens with zero attached hydrogens (tertiary/aromatic N) is 1. The molecule has 1 aromatic heterocycles. The summed E-state index contributed by atoms with van der Waals surface area (Å²) in [6, 6.07) is 99.3. The molecule has 4 nitrogen and oxygen atoms in total. The van der Waals surface area contributed by atoms with Crippen LogP contribution in [0.15, 0.2) is 277 Å². The van der Waals surface area contributed by atoms with Crippen molar-refractivity contribution in [2.45, 2.75) is 10.8 Å². The van der Waals surface area contributed by atoms with Crippen molar-refractivity contribution in [3.8, 4) is 67.5 Å². The first-order valence-electron chi connectivity index (χ1n) is 26.8. The fraction of sp³-hybridized carbons (Fsp3) is 0.0270. The molecule has 0 atom stereocenters. The Bertz CT molecular complexity index is 4550. The van der Waals surface area contributed by atoms with Gasteiger partial charge in [-0.2, -0.15) is 0 Å². The third kappa shape index (κ3) is 5.83. The van der Waals surface area contributed by atoms with E-state index in [0.717, 1.165) is 107 Å². The maximum Gasteiger partial charge on any atom is 0.135 e. The van der Waals surface area contributed by atoms with E-state index in [2.05, 4.69) is 266 Å². The van der Waals surface area contributed by atoms with E-state index < -0.39 is 10.8 Å². The Morgan fingerprint density at radius 3 is 1.15 bits per heavy atom. The topological polar surface area (TPSA) is 34.8 Å². The zero-order valence-electron chi connectivity index (χ0n) is 42.2. The molecule has 0 radical (unpaired) electrons. The first-order chi connectivity index (χ1) is 38.6. The second-order valence-corrected chi connectivity index (χ2v) is 21.0. The van der Waals surface area contributed by atoms with Crippen molar-refractivity contribution in [2.75, 3.05) is 4.90 Å². The van der Waals surface area contributed by atoms with Crippen LogP contribution in [0, 0.1) is 0 Å². The van der Waals surface area contributed by atoms with Crippen molar-refractivity contribution >= 4 is 39.0 Å². The molecule has 2 spiro atoms. The van der Waals surface area contributed by atoms with Gasteiger partial charge in [-0.3, -0.25) is 0 Å². The molecule has 0 saturated carbocycles. The van der Waals surface area contributed by atoms with Crippen LogP contribution in [0.2, 0.25) is 0 Å². The molecule has 0 fully saturated rings. The number of rotatable bonds is 5. The monoisotopic (exact) mass is 995 g/mol. The Hall–Kier alpha value is -10.2. The third-order valence-corrected chi connectivity index (χ3v) is 17.2. The second kappa shape index (κ2) is 16.2. The summed E-state index contributed by atoms with van der Waals surface area (Å²) in [7, 11) is 0. The Morgan fingerprint density at radius 2 is 0.615 bits per heavy atom. The van der Waals surface area contributed by atoms with Crippen LogP contribution in [0.3, 0.4) is 0 Å². The van der Waals surface area contributed by atoms with Gasteiger partial charge in [0.1, 0.15) is 34.2 Å². The van der Waals surface area contributed by atoms with E-state index in [1.54, 1.807) is 0 Å². The van der Waals surface area contributed by atoms with E-state index >= 15 is 0 Å². The van der Waals surface area contributed by atoms with Crippen LogP contribution >= 0.6 is 0 Å². The highest BCUT2D eigenvalue weighted by Crippen LogP contribution is 2.64. The van der Waals surface area contributed by atoms with Crippen molar-refractivity contribution in [1.29, 1.82) is 0 Å². The maximum atomic E-state index is 6.73. The number of hydrogen-bond acceptors (Lipinski definition) is 4. The quantitative estimate of drug-likeness (QED) is 0.172. The summed E-state index contributed by atoms with van der Waals surface area (Å²) in [6.45, 7) is 0. The lowest BCUT2D eigenvalue weighted by Gasteiger charge is -2.39. The Labute approximate surface area is 451 Å². The van der Waals surface area contributed by atoms with E-state index in [-0.39, 0.29) is 0 Å². The molecule has 2 aliphatic heterocycles. The standard InChI is InChI=1S/C74H45NO3/c1-4-18-59-53(15-1)55-40-33-49(44-65(55)73(59)61-20-6-11-25-69(61)77-70-26-12-7-21-62(70)73)47-31-37-51(38-32-47)75(50-35-29-46(30-36-50)48-34-42-68-58(43-48)57-17-3-10-24-67(57)76-68)52-39-41-56-54-16-2-5-19-60(54)74(66(56)45-52)63-22-8-13-27-71(63)78-72-28-14-9-23-64(72)74/h1-45H. The molecule has 13 aromatic rings. The van der Waals surface area contributed by atoms with Gasteiger partial charge in [0.25, 0.3) is 0 Å². The van der Waals surface area contributed by atoms with Crippen molar-refractivity contribution < 1.29 is 13.9 Å². The molecule has 0 unspecified atom stereocenters. The van der Waals surface area contributed by atoms with E-state index in [0.29, 0.717) is 0 Å². The summed E-state index contributed by atoms with van der Waals surface area (Å²) in [4.78, 5) is 2.42. The first-order valence-corrected chi connectivity index (χ1v) is 26.8. The van der Waals surface area contributed by atoms with Crippen molar-refractivity contribution in [2.24, 2.45) is 0 Å². The van der Waals surface area contributed by atoms with Crippen LogP contribution in [0.25, 0.3) is 66.4 Å². The van der Waals surface area contributed by atoms with Gasteiger partial charge in [0.2, 0.25) is 0 Å². The Balaban J connectivity index is 0.831. The molecule has 364 valence electrons. The number of hydrogen-bond donors (Lipinski definition) is 0. The van der Waals surface area contributed by atoms with E-state index in [9.17, 15) is 0 Å². The van der Waals surface area contributed by atoms with Crippen molar-refractivity contribution in [3.05, 3.63) is 317 Å². The molecule has 4 aliphatic rings. The molecule has 4 heteroatoms. The van der Waals surface area contributed by atoms with Gasteiger partial charge in [-0.25, -0.2) is 0 Å². The minimum Gasteiger partial charge on any atom is -0.457 e. The molecule has 0 N–H and O–H groups in total. The van der Waals surface area contributed by atoms with Gasteiger partial charge in [0.05, 0.1) is 10.8 Å². The minimum absolute atomic E-state index is 0.551. The minimum atomic E-state index is -0.612. The van der Waals surface area contributed by atoms with Gasteiger partial charge >= 0.3 is 0 Å². The molecular formula is C74H45NO3. The molecule has 17 rings (SSSR count). The number of benzene rings is 12. The molecule has 0 amide bonds. The van der Waals surface area contributed by atoms with Crippen molar-refractivity contribution in [3.63, 3.8) is 0 Å². The van der Waals surface area contributed by atoms with E-state index in [1.807, 2.05) is 12.1 Å². The maximum absolute atomic E-state index is 6.73. The Morgan fingerprint density at radius 1 is 0.244 bits per heavy atom. The zero-order valence-corrected chi connectivity index (χ0v) is 42.2. The largest absolute Gasteiger partial charge is 0.457 e. The number of furan rings is 1. The van der Waals surface area contributed by atoms with E-state index in [4.69, 9.17) is 13.9 Å². The Kier molecular flexibility index (Phi) is 8.94. The lowest BCUT2D eigenvalue weighted by molar-refractivity contribution is 0.436. The molecule has 2 aliphatic carbocycles. The molecular weight excluding hydrogens is 951 g/mol. The van der Waals surface area contributed by atoms with E-state index in [1.165, 1.54) is 44.5 Å². The van der Waals surface area contributed by atoms with Gasteiger partial charge in [-0.15, -0.1) is 0 Å². The predicted octanol–water partition coefficient (Wildman–Crippen LogP) is 19.3. The highest BCUT2D eigenvalue weighted by Gasteiger charge is 2.52. The number of anilines is 3. The van der Waals surface area contributed by atoms with Crippen LogP contribution in [0.5, 0.6) is 23.0 Å². The highest BCUT2D eigenvalue weighted by molar-refractivity contribution is 6.06. The van der Waals surface area contributed by atoms with Crippen LogP contribution in [-0.2, 0) is 10.8 Å². The summed E-state index contributed by atoms with van der Waals surface area (Å²) in [5.74, 6) is 3.53.